The van der Waals surface area contributed by atoms with Gasteiger partial charge in [0.2, 0.25) is 0 Å². The summed E-state index contributed by atoms with van der Waals surface area (Å²) in [6.07, 6.45) is 1.13. The lowest BCUT2D eigenvalue weighted by atomic mass is 9.99. The van der Waals surface area contributed by atoms with E-state index in [1.165, 1.54) is 0 Å². The van der Waals surface area contributed by atoms with E-state index in [0.29, 0.717) is 22.2 Å². The zero-order chi connectivity index (χ0) is 14.5. The molecule has 1 unspecified atom stereocenters. The minimum atomic E-state index is 0.291. The number of nitrogen functional groups attached to an aromatic ring is 1. The van der Waals surface area contributed by atoms with E-state index in [1.54, 1.807) is 13.2 Å². The second kappa shape index (κ2) is 4.42. The number of hydrogen-bond donors (Lipinski definition) is 2. The number of benzene rings is 1. The molecule has 3 N–H and O–H groups in total. The molecule has 4 nitrogen and oxygen atoms in total. The molecular formula is C15H18ClN3O. The number of methoxy groups -OCH3 is 1. The molecule has 1 fully saturated rings. The van der Waals surface area contributed by atoms with Crippen molar-refractivity contribution in [1.29, 1.82) is 0 Å². The number of halogens is 1. The highest BCUT2D eigenvalue weighted by molar-refractivity contribution is 6.31. The maximum atomic E-state index is 6.12. The van der Waals surface area contributed by atoms with Gasteiger partial charge in [-0.05, 0) is 30.0 Å². The first-order chi connectivity index (χ1) is 9.44. The van der Waals surface area contributed by atoms with Gasteiger partial charge in [0.1, 0.15) is 5.75 Å². The van der Waals surface area contributed by atoms with Crippen LogP contribution in [0.4, 0.5) is 5.82 Å². The molecule has 1 aliphatic carbocycles. The molecule has 5 heteroatoms. The van der Waals surface area contributed by atoms with E-state index >= 15 is 0 Å². The van der Waals surface area contributed by atoms with Gasteiger partial charge in [-0.3, -0.25) is 5.10 Å². The number of ether oxygens (including phenoxy) is 1. The summed E-state index contributed by atoms with van der Waals surface area (Å²) in [7, 11) is 1.64. The fourth-order valence-electron chi connectivity index (χ4n) is 2.74. The normalized spacial score (nSPS) is 19.9. The Morgan fingerprint density at radius 1 is 1.45 bits per heavy atom. The third kappa shape index (κ3) is 2.04. The van der Waals surface area contributed by atoms with Crippen LogP contribution in [-0.2, 0) is 0 Å². The molecule has 1 saturated carbocycles. The number of rotatable bonds is 3. The van der Waals surface area contributed by atoms with Crippen LogP contribution >= 0.6 is 11.6 Å². The van der Waals surface area contributed by atoms with Gasteiger partial charge in [-0.25, -0.2) is 0 Å². The van der Waals surface area contributed by atoms with Crippen molar-refractivity contribution in [2.45, 2.75) is 26.2 Å². The minimum Gasteiger partial charge on any atom is -0.496 e. The molecule has 1 aromatic heterocycles. The molecule has 20 heavy (non-hydrogen) atoms. The Kier molecular flexibility index (Phi) is 2.94. The van der Waals surface area contributed by atoms with E-state index in [-0.39, 0.29) is 0 Å². The molecule has 0 saturated heterocycles. The monoisotopic (exact) mass is 291 g/mol. The van der Waals surface area contributed by atoms with Gasteiger partial charge < -0.3 is 10.5 Å². The smallest absolute Gasteiger partial charge is 0.153 e. The average Bonchev–Trinajstić information content (AvgIpc) is 2.86. The summed E-state index contributed by atoms with van der Waals surface area (Å²) in [6, 6.07) is 5.54. The lowest BCUT2D eigenvalue weighted by Gasteiger charge is -2.11. The summed E-state index contributed by atoms with van der Waals surface area (Å²) < 4.78 is 5.43. The quantitative estimate of drug-likeness (QED) is 0.903. The van der Waals surface area contributed by atoms with Crippen molar-refractivity contribution in [2.24, 2.45) is 5.41 Å². The summed E-state index contributed by atoms with van der Waals surface area (Å²) in [5.41, 5.74) is 9.24. The van der Waals surface area contributed by atoms with Gasteiger partial charge in [-0.2, -0.15) is 5.10 Å². The van der Waals surface area contributed by atoms with Crippen LogP contribution in [-0.4, -0.2) is 17.3 Å². The number of hydrogen-bond acceptors (Lipinski definition) is 3. The number of nitrogens with zero attached hydrogens (tertiary/aromatic N) is 1. The van der Waals surface area contributed by atoms with Crippen LogP contribution in [0, 0.1) is 5.41 Å². The van der Waals surface area contributed by atoms with Crippen LogP contribution in [0.2, 0.25) is 5.02 Å². The predicted molar refractivity (Wildman–Crippen MR) is 81.1 cm³/mol. The van der Waals surface area contributed by atoms with Crippen molar-refractivity contribution in [1.82, 2.24) is 10.2 Å². The van der Waals surface area contributed by atoms with Crippen molar-refractivity contribution >= 4 is 17.4 Å². The zero-order valence-electron chi connectivity index (χ0n) is 11.8. The third-order valence-electron chi connectivity index (χ3n) is 4.12. The molecule has 1 atom stereocenters. The highest BCUT2D eigenvalue weighted by Gasteiger charge is 2.49. The molecule has 0 amide bonds. The third-order valence-corrected chi connectivity index (χ3v) is 4.35. The topological polar surface area (TPSA) is 63.9 Å². The fraction of sp³-hybridized carbons (Fsp3) is 0.400. The van der Waals surface area contributed by atoms with Crippen LogP contribution in [0.15, 0.2) is 18.2 Å². The number of anilines is 1. The van der Waals surface area contributed by atoms with Gasteiger partial charge in [0.15, 0.2) is 5.82 Å². The number of aromatic amines is 1. The van der Waals surface area contributed by atoms with Gasteiger partial charge in [0, 0.05) is 22.2 Å². The Bertz CT molecular complexity index is 663. The average molecular weight is 292 g/mol. The Balaban J connectivity index is 2.15. The number of nitrogens with two attached hydrogens (primary N) is 1. The standard InChI is InChI=1S/C15H18ClN3O/c1-15(2)7-10(15)13-12(14(17)19-18-13)9-6-8(16)4-5-11(9)20-3/h4-6,10H,7H2,1-3H3,(H3,17,18,19). The Morgan fingerprint density at radius 2 is 2.15 bits per heavy atom. The number of nitrogens with one attached hydrogen (secondary N) is 1. The Morgan fingerprint density at radius 3 is 2.75 bits per heavy atom. The highest BCUT2D eigenvalue weighted by atomic mass is 35.5. The van der Waals surface area contributed by atoms with E-state index < -0.39 is 0 Å². The van der Waals surface area contributed by atoms with Crippen LogP contribution in [0.1, 0.15) is 31.9 Å². The first-order valence-electron chi connectivity index (χ1n) is 6.61. The summed E-state index contributed by atoms with van der Waals surface area (Å²) in [4.78, 5) is 0. The van der Waals surface area contributed by atoms with Crippen LogP contribution < -0.4 is 10.5 Å². The van der Waals surface area contributed by atoms with E-state index in [0.717, 1.165) is 29.0 Å². The molecule has 0 bridgehead atoms. The molecule has 1 aliphatic rings. The van der Waals surface area contributed by atoms with E-state index in [1.807, 2.05) is 12.1 Å². The summed E-state index contributed by atoms with van der Waals surface area (Å²) in [5.74, 6) is 1.69. The van der Waals surface area contributed by atoms with Gasteiger partial charge >= 0.3 is 0 Å². The molecule has 0 aliphatic heterocycles. The molecule has 3 rings (SSSR count). The first-order valence-corrected chi connectivity index (χ1v) is 6.99. The molecule has 1 heterocycles. The number of H-pyrrole nitrogens is 1. The number of aromatic nitrogens is 2. The SMILES string of the molecule is COc1ccc(Cl)cc1-c1c(N)n[nH]c1C1CC1(C)C. The van der Waals surface area contributed by atoms with Gasteiger partial charge in [0.05, 0.1) is 12.7 Å². The second-order valence-electron chi connectivity index (χ2n) is 5.99. The largest absolute Gasteiger partial charge is 0.496 e. The molecule has 1 aromatic carbocycles. The molecule has 106 valence electrons. The second-order valence-corrected chi connectivity index (χ2v) is 6.42. The maximum absolute atomic E-state index is 6.12. The van der Waals surface area contributed by atoms with E-state index in [9.17, 15) is 0 Å². The summed E-state index contributed by atoms with van der Waals surface area (Å²) >= 11 is 6.12. The fourth-order valence-corrected chi connectivity index (χ4v) is 2.91. The van der Waals surface area contributed by atoms with Crippen LogP contribution in [0.3, 0.4) is 0 Å². The molecule has 0 radical (unpaired) electrons. The Labute approximate surface area is 123 Å². The zero-order valence-corrected chi connectivity index (χ0v) is 12.6. The van der Waals surface area contributed by atoms with Crippen molar-refractivity contribution in [3.8, 4) is 16.9 Å². The minimum absolute atomic E-state index is 0.291. The predicted octanol–water partition coefficient (Wildman–Crippen LogP) is 3.83. The van der Waals surface area contributed by atoms with Gasteiger partial charge in [0.25, 0.3) is 0 Å². The maximum Gasteiger partial charge on any atom is 0.153 e. The highest BCUT2D eigenvalue weighted by Crippen LogP contribution is 2.60. The van der Waals surface area contributed by atoms with E-state index in [4.69, 9.17) is 22.1 Å². The van der Waals surface area contributed by atoms with Crippen LogP contribution in [0.5, 0.6) is 5.75 Å². The lowest BCUT2D eigenvalue weighted by Crippen LogP contribution is -1.96. The Hall–Kier alpha value is -1.68. The van der Waals surface area contributed by atoms with Crippen molar-refractivity contribution < 1.29 is 4.74 Å². The van der Waals surface area contributed by atoms with Crippen LogP contribution in [0.25, 0.3) is 11.1 Å². The summed E-state index contributed by atoms with van der Waals surface area (Å²) in [5, 5.41) is 7.92. The lowest BCUT2D eigenvalue weighted by molar-refractivity contribution is 0.416. The first kappa shape index (κ1) is 13.3. The molecule has 0 spiro atoms. The molecular weight excluding hydrogens is 274 g/mol. The molecule has 2 aromatic rings. The summed E-state index contributed by atoms with van der Waals surface area (Å²) in [6.45, 7) is 4.49. The van der Waals surface area contributed by atoms with E-state index in [2.05, 4.69) is 24.0 Å². The van der Waals surface area contributed by atoms with Crippen molar-refractivity contribution in [3.63, 3.8) is 0 Å². The van der Waals surface area contributed by atoms with Crippen molar-refractivity contribution in [3.05, 3.63) is 28.9 Å². The van der Waals surface area contributed by atoms with Crippen molar-refractivity contribution in [2.75, 3.05) is 12.8 Å². The van der Waals surface area contributed by atoms with Gasteiger partial charge in [-0.1, -0.05) is 25.4 Å². The van der Waals surface area contributed by atoms with Gasteiger partial charge in [-0.15, -0.1) is 0 Å².